The summed E-state index contributed by atoms with van der Waals surface area (Å²) in [6.07, 6.45) is 6.37. The van der Waals surface area contributed by atoms with Gasteiger partial charge >= 0.3 is 0 Å². The van der Waals surface area contributed by atoms with Gasteiger partial charge in [0.15, 0.2) is 0 Å². The van der Waals surface area contributed by atoms with Gasteiger partial charge in [0.05, 0.1) is 12.4 Å². The van der Waals surface area contributed by atoms with Crippen LogP contribution in [0.15, 0.2) is 67.3 Å². The normalized spacial score (nSPS) is 20.2. The zero-order valence-corrected chi connectivity index (χ0v) is 12.0. The van der Waals surface area contributed by atoms with Crippen molar-refractivity contribution in [2.24, 2.45) is 0 Å². The standard InChI is InChI=1S/C18H16N2O2/c21-14-6-7-15-16(20-9-8-19-12-20)11-17(22-18(15)10-14)13-4-2-1-3-5-13/h1-10,12,16-17,21H,11H2/t16-,17+/m1/s1. The van der Waals surface area contributed by atoms with E-state index in [2.05, 4.69) is 21.7 Å². The van der Waals surface area contributed by atoms with Crippen LogP contribution in [0.5, 0.6) is 11.5 Å². The highest BCUT2D eigenvalue weighted by atomic mass is 16.5. The fourth-order valence-corrected chi connectivity index (χ4v) is 3.04. The minimum absolute atomic E-state index is 0.0390. The largest absolute Gasteiger partial charge is 0.508 e. The summed E-state index contributed by atoms with van der Waals surface area (Å²) in [7, 11) is 0. The van der Waals surface area contributed by atoms with Crippen molar-refractivity contribution in [2.45, 2.75) is 18.6 Å². The molecule has 1 aliphatic heterocycles. The Labute approximate surface area is 128 Å². The molecule has 1 aliphatic rings. The Balaban J connectivity index is 1.79. The molecule has 110 valence electrons. The molecule has 0 saturated carbocycles. The summed E-state index contributed by atoms with van der Waals surface area (Å²) >= 11 is 0. The van der Waals surface area contributed by atoms with Gasteiger partial charge in [-0.2, -0.15) is 0 Å². The maximum absolute atomic E-state index is 9.76. The average molecular weight is 292 g/mol. The number of aromatic nitrogens is 2. The predicted octanol–water partition coefficient (Wildman–Crippen LogP) is 3.70. The highest BCUT2D eigenvalue weighted by Gasteiger charge is 2.30. The lowest BCUT2D eigenvalue weighted by Gasteiger charge is -2.33. The lowest BCUT2D eigenvalue weighted by atomic mass is 9.92. The fraction of sp³-hybridized carbons (Fsp3) is 0.167. The minimum atomic E-state index is -0.0390. The van der Waals surface area contributed by atoms with E-state index in [0.717, 1.165) is 23.3 Å². The van der Waals surface area contributed by atoms with E-state index in [-0.39, 0.29) is 17.9 Å². The molecular formula is C18H16N2O2. The van der Waals surface area contributed by atoms with Crippen molar-refractivity contribution in [1.29, 1.82) is 0 Å². The second-order valence-corrected chi connectivity index (χ2v) is 5.50. The van der Waals surface area contributed by atoms with E-state index >= 15 is 0 Å². The summed E-state index contributed by atoms with van der Waals surface area (Å²) in [6.45, 7) is 0. The number of phenols is 1. The van der Waals surface area contributed by atoms with Crippen molar-refractivity contribution in [2.75, 3.05) is 0 Å². The van der Waals surface area contributed by atoms with Gasteiger partial charge in [0.2, 0.25) is 0 Å². The smallest absolute Gasteiger partial charge is 0.129 e. The molecule has 0 amide bonds. The number of rotatable bonds is 2. The quantitative estimate of drug-likeness (QED) is 0.783. The molecule has 2 aromatic carbocycles. The van der Waals surface area contributed by atoms with Gasteiger partial charge in [-0.25, -0.2) is 4.98 Å². The van der Waals surface area contributed by atoms with Gasteiger partial charge in [-0.05, 0) is 17.7 Å². The van der Waals surface area contributed by atoms with Gasteiger partial charge in [0.1, 0.15) is 17.6 Å². The van der Waals surface area contributed by atoms with Gasteiger partial charge in [-0.1, -0.05) is 30.3 Å². The Kier molecular flexibility index (Phi) is 3.07. The molecule has 2 atom stereocenters. The van der Waals surface area contributed by atoms with Crippen LogP contribution in [0.1, 0.15) is 29.7 Å². The van der Waals surface area contributed by atoms with Crippen LogP contribution in [0.25, 0.3) is 0 Å². The van der Waals surface area contributed by atoms with Crippen LogP contribution in [0.4, 0.5) is 0 Å². The van der Waals surface area contributed by atoms with Crippen molar-refractivity contribution in [3.05, 3.63) is 78.4 Å². The lowest BCUT2D eigenvalue weighted by Crippen LogP contribution is -2.23. The Bertz CT molecular complexity index is 769. The van der Waals surface area contributed by atoms with E-state index < -0.39 is 0 Å². The van der Waals surface area contributed by atoms with E-state index in [1.54, 1.807) is 18.3 Å². The summed E-state index contributed by atoms with van der Waals surface area (Å²) < 4.78 is 8.22. The number of benzene rings is 2. The lowest BCUT2D eigenvalue weighted by molar-refractivity contribution is 0.152. The fourth-order valence-electron chi connectivity index (χ4n) is 3.04. The summed E-state index contributed by atoms with van der Waals surface area (Å²) in [6, 6.07) is 15.6. The van der Waals surface area contributed by atoms with Crippen LogP contribution in [-0.4, -0.2) is 14.7 Å². The minimum Gasteiger partial charge on any atom is -0.508 e. The first kappa shape index (κ1) is 13.0. The molecule has 0 fully saturated rings. The van der Waals surface area contributed by atoms with Gasteiger partial charge in [0, 0.05) is 30.4 Å². The zero-order chi connectivity index (χ0) is 14.9. The summed E-state index contributed by atoms with van der Waals surface area (Å²) in [4.78, 5) is 4.16. The Morgan fingerprint density at radius 2 is 2.00 bits per heavy atom. The number of phenolic OH excluding ortho intramolecular Hbond substituents is 1. The zero-order valence-electron chi connectivity index (χ0n) is 12.0. The van der Waals surface area contributed by atoms with Gasteiger partial charge < -0.3 is 14.4 Å². The molecule has 22 heavy (non-hydrogen) atoms. The van der Waals surface area contributed by atoms with Crippen molar-refractivity contribution in [3.8, 4) is 11.5 Å². The molecular weight excluding hydrogens is 276 g/mol. The van der Waals surface area contributed by atoms with Crippen molar-refractivity contribution >= 4 is 0 Å². The molecule has 3 aromatic rings. The van der Waals surface area contributed by atoms with Gasteiger partial charge in [-0.15, -0.1) is 0 Å². The van der Waals surface area contributed by atoms with Crippen LogP contribution in [0.2, 0.25) is 0 Å². The van der Waals surface area contributed by atoms with Crippen molar-refractivity contribution < 1.29 is 9.84 Å². The highest BCUT2D eigenvalue weighted by molar-refractivity contribution is 5.44. The Hall–Kier alpha value is -2.75. The topological polar surface area (TPSA) is 47.3 Å². The number of fused-ring (bicyclic) bond motifs is 1. The number of ether oxygens (including phenoxy) is 1. The number of hydrogen-bond acceptors (Lipinski definition) is 3. The van der Waals surface area contributed by atoms with Crippen molar-refractivity contribution in [3.63, 3.8) is 0 Å². The molecule has 0 spiro atoms. The van der Waals surface area contributed by atoms with Crippen LogP contribution in [0.3, 0.4) is 0 Å². The highest BCUT2D eigenvalue weighted by Crippen LogP contribution is 2.43. The van der Waals surface area contributed by atoms with E-state index in [0.29, 0.717) is 0 Å². The molecule has 2 heterocycles. The molecule has 4 rings (SSSR count). The molecule has 4 heteroatoms. The molecule has 0 unspecified atom stereocenters. The summed E-state index contributed by atoms with van der Waals surface area (Å²) in [5, 5.41) is 9.76. The van der Waals surface area contributed by atoms with Gasteiger partial charge in [-0.3, -0.25) is 0 Å². The van der Waals surface area contributed by atoms with E-state index in [4.69, 9.17) is 4.74 Å². The number of imidazole rings is 1. The first-order chi connectivity index (χ1) is 10.8. The second-order valence-electron chi connectivity index (χ2n) is 5.50. The Morgan fingerprint density at radius 1 is 1.14 bits per heavy atom. The maximum atomic E-state index is 9.76. The summed E-state index contributed by atoms with van der Waals surface area (Å²) in [5.74, 6) is 0.954. The molecule has 0 aliphatic carbocycles. The van der Waals surface area contributed by atoms with Crippen molar-refractivity contribution in [1.82, 2.24) is 9.55 Å². The average Bonchev–Trinajstić information content (AvgIpc) is 3.08. The number of aromatic hydroxyl groups is 1. The molecule has 0 radical (unpaired) electrons. The monoisotopic (exact) mass is 292 g/mol. The molecule has 0 saturated heterocycles. The molecule has 1 N–H and O–H groups in total. The molecule has 1 aromatic heterocycles. The van der Waals surface area contributed by atoms with Crippen LogP contribution in [-0.2, 0) is 0 Å². The van der Waals surface area contributed by atoms with Crippen LogP contribution in [0, 0.1) is 0 Å². The third-order valence-electron chi connectivity index (χ3n) is 4.12. The number of hydrogen-bond donors (Lipinski definition) is 1. The van der Waals surface area contributed by atoms with Gasteiger partial charge in [0.25, 0.3) is 0 Å². The molecule has 4 nitrogen and oxygen atoms in total. The first-order valence-corrected chi connectivity index (χ1v) is 7.33. The SMILES string of the molecule is Oc1ccc2c(c1)O[C@H](c1ccccc1)C[C@H]2n1ccnc1. The third kappa shape index (κ3) is 2.22. The Morgan fingerprint density at radius 3 is 2.77 bits per heavy atom. The predicted molar refractivity (Wildman–Crippen MR) is 82.9 cm³/mol. The maximum Gasteiger partial charge on any atom is 0.129 e. The first-order valence-electron chi connectivity index (χ1n) is 7.33. The van der Waals surface area contributed by atoms with Crippen LogP contribution < -0.4 is 4.74 Å². The number of nitrogens with zero attached hydrogens (tertiary/aromatic N) is 2. The van der Waals surface area contributed by atoms with E-state index in [1.807, 2.05) is 36.8 Å². The summed E-state index contributed by atoms with van der Waals surface area (Å²) in [5.41, 5.74) is 2.21. The second kappa shape index (κ2) is 5.22. The van der Waals surface area contributed by atoms with E-state index in [1.165, 1.54) is 0 Å². The van der Waals surface area contributed by atoms with E-state index in [9.17, 15) is 5.11 Å². The third-order valence-corrected chi connectivity index (χ3v) is 4.12. The van der Waals surface area contributed by atoms with Crippen LogP contribution >= 0.6 is 0 Å². The molecule has 0 bridgehead atoms.